The lowest BCUT2D eigenvalue weighted by Gasteiger charge is -2.27. The van der Waals surface area contributed by atoms with Crippen molar-refractivity contribution in [1.29, 1.82) is 0 Å². The Hall–Kier alpha value is -2.85. The molecule has 0 aliphatic carbocycles. The van der Waals surface area contributed by atoms with Crippen LogP contribution < -0.4 is 10.1 Å². The summed E-state index contributed by atoms with van der Waals surface area (Å²) in [6.45, 7) is 4.07. The highest BCUT2D eigenvalue weighted by atomic mass is 16.5. The molecule has 27 heavy (non-hydrogen) atoms. The van der Waals surface area contributed by atoms with Crippen molar-refractivity contribution in [3.63, 3.8) is 0 Å². The molecule has 0 aromatic heterocycles. The summed E-state index contributed by atoms with van der Waals surface area (Å²) in [6.07, 6.45) is 0.980. The van der Waals surface area contributed by atoms with Crippen LogP contribution >= 0.6 is 0 Å². The zero-order chi connectivity index (χ0) is 18.2. The summed E-state index contributed by atoms with van der Waals surface area (Å²) in [6, 6.07) is 18.9. The van der Waals surface area contributed by atoms with Crippen LogP contribution in [0.5, 0.6) is 5.75 Å². The molecule has 0 spiro atoms. The molecule has 1 fully saturated rings. The number of hydrogen-bond acceptors (Lipinski definition) is 3. The second-order valence-electron chi connectivity index (χ2n) is 7.24. The van der Waals surface area contributed by atoms with Crippen LogP contribution in [0.25, 0.3) is 21.9 Å². The summed E-state index contributed by atoms with van der Waals surface area (Å²) >= 11 is 0. The second kappa shape index (κ2) is 6.71. The maximum atomic E-state index is 12.7. The molecule has 1 amide bonds. The number of nitrogens with one attached hydrogen (secondary N) is 1. The minimum Gasteiger partial charge on any atom is -0.493 e. The Labute approximate surface area is 158 Å². The van der Waals surface area contributed by atoms with Crippen LogP contribution in [0.2, 0.25) is 0 Å². The molecule has 1 saturated heterocycles. The van der Waals surface area contributed by atoms with E-state index in [1.165, 1.54) is 16.7 Å². The van der Waals surface area contributed by atoms with E-state index in [9.17, 15) is 4.79 Å². The zero-order valence-electron chi connectivity index (χ0n) is 15.2. The smallest absolute Gasteiger partial charge is 0.253 e. The number of hydrogen-bond donors (Lipinski definition) is 1. The fourth-order valence-corrected chi connectivity index (χ4v) is 3.97. The summed E-state index contributed by atoms with van der Waals surface area (Å²) < 4.78 is 5.61. The van der Waals surface area contributed by atoms with Crippen molar-refractivity contribution in [3.05, 3.63) is 65.7 Å². The van der Waals surface area contributed by atoms with E-state index in [-0.39, 0.29) is 5.91 Å². The van der Waals surface area contributed by atoms with Crippen LogP contribution in [-0.4, -0.2) is 43.6 Å². The third-order valence-electron chi connectivity index (χ3n) is 5.51. The average Bonchev–Trinajstić information content (AvgIpc) is 3.21. The Morgan fingerprint density at radius 3 is 2.52 bits per heavy atom. The lowest BCUT2D eigenvalue weighted by Crippen LogP contribution is -2.46. The summed E-state index contributed by atoms with van der Waals surface area (Å²) in [5, 5.41) is 5.54. The maximum Gasteiger partial charge on any atom is 0.253 e. The van der Waals surface area contributed by atoms with Gasteiger partial charge in [-0.15, -0.1) is 0 Å². The maximum absolute atomic E-state index is 12.7. The minimum absolute atomic E-state index is 0.126. The van der Waals surface area contributed by atoms with Crippen LogP contribution in [0.1, 0.15) is 15.9 Å². The van der Waals surface area contributed by atoms with Gasteiger partial charge in [0.25, 0.3) is 5.91 Å². The highest BCUT2D eigenvalue weighted by Crippen LogP contribution is 2.32. The van der Waals surface area contributed by atoms with E-state index in [0.717, 1.165) is 61.3 Å². The summed E-state index contributed by atoms with van der Waals surface area (Å²) in [5.41, 5.74) is 4.46. The van der Waals surface area contributed by atoms with Crippen LogP contribution in [-0.2, 0) is 6.42 Å². The van der Waals surface area contributed by atoms with Gasteiger partial charge in [-0.1, -0.05) is 24.3 Å². The second-order valence-corrected chi connectivity index (χ2v) is 7.24. The summed E-state index contributed by atoms with van der Waals surface area (Å²) in [5.74, 6) is 1.14. The number of amides is 1. The molecule has 2 heterocycles. The summed E-state index contributed by atoms with van der Waals surface area (Å²) in [7, 11) is 0. The molecule has 0 radical (unpaired) electrons. The van der Waals surface area contributed by atoms with Gasteiger partial charge >= 0.3 is 0 Å². The molecular formula is C23H22N2O2. The van der Waals surface area contributed by atoms with Gasteiger partial charge in [-0.25, -0.2) is 0 Å². The monoisotopic (exact) mass is 358 g/mol. The largest absolute Gasteiger partial charge is 0.493 e. The molecule has 0 unspecified atom stereocenters. The van der Waals surface area contributed by atoms with E-state index >= 15 is 0 Å². The van der Waals surface area contributed by atoms with Gasteiger partial charge in [-0.3, -0.25) is 4.79 Å². The van der Waals surface area contributed by atoms with Crippen molar-refractivity contribution in [2.75, 3.05) is 32.8 Å². The van der Waals surface area contributed by atoms with Gasteiger partial charge in [0.2, 0.25) is 0 Å². The van der Waals surface area contributed by atoms with Gasteiger partial charge in [0.15, 0.2) is 0 Å². The highest BCUT2D eigenvalue weighted by Gasteiger charge is 2.18. The number of carbonyl (C=O) groups is 1. The number of nitrogens with zero attached hydrogens (tertiary/aromatic N) is 1. The van der Waals surface area contributed by atoms with Gasteiger partial charge < -0.3 is 15.0 Å². The molecule has 5 rings (SSSR count). The standard InChI is InChI=1S/C23H22N2O2/c26-23(25-10-8-24-9-11-25)21-4-3-17-13-16(1-2-18(17)15-21)19-5-6-22-20(14-19)7-12-27-22/h1-6,13-15,24H,7-12H2. The van der Waals surface area contributed by atoms with E-state index in [2.05, 4.69) is 47.8 Å². The molecule has 0 bridgehead atoms. The Morgan fingerprint density at radius 1 is 0.889 bits per heavy atom. The first-order chi connectivity index (χ1) is 13.3. The first kappa shape index (κ1) is 16.3. The molecule has 0 atom stereocenters. The van der Waals surface area contributed by atoms with E-state index in [1.54, 1.807) is 0 Å². The average molecular weight is 358 g/mol. The van der Waals surface area contributed by atoms with E-state index in [1.807, 2.05) is 17.0 Å². The predicted octanol–water partition coefficient (Wildman–Crippen LogP) is 3.49. The van der Waals surface area contributed by atoms with E-state index in [0.29, 0.717) is 0 Å². The number of carbonyl (C=O) groups excluding carboxylic acids is 1. The van der Waals surface area contributed by atoms with Gasteiger partial charge in [-0.05, 0) is 57.8 Å². The Bertz CT molecular complexity index is 1020. The molecule has 3 aromatic rings. The Morgan fingerprint density at radius 2 is 1.63 bits per heavy atom. The van der Waals surface area contributed by atoms with Crippen molar-refractivity contribution in [2.24, 2.45) is 0 Å². The molecule has 4 nitrogen and oxygen atoms in total. The molecule has 1 N–H and O–H groups in total. The Kier molecular flexibility index (Phi) is 4.06. The topological polar surface area (TPSA) is 41.6 Å². The number of ether oxygens (including phenoxy) is 1. The third kappa shape index (κ3) is 3.06. The highest BCUT2D eigenvalue weighted by molar-refractivity contribution is 5.99. The fraction of sp³-hybridized carbons (Fsp3) is 0.261. The van der Waals surface area contributed by atoms with Gasteiger partial charge in [0.1, 0.15) is 5.75 Å². The zero-order valence-corrected chi connectivity index (χ0v) is 15.2. The van der Waals surface area contributed by atoms with Crippen molar-refractivity contribution in [3.8, 4) is 16.9 Å². The molecular weight excluding hydrogens is 336 g/mol. The van der Waals surface area contributed by atoms with Crippen molar-refractivity contribution >= 4 is 16.7 Å². The van der Waals surface area contributed by atoms with Gasteiger partial charge in [0, 0.05) is 38.2 Å². The molecule has 4 heteroatoms. The van der Waals surface area contributed by atoms with Gasteiger partial charge in [-0.2, -0.15) is 0 Å². The number of fused-ring (bicyclic) bond motifs is 2. The van der Waals surface area contributed by atoms with Gasteiger partial charge in [0.05, 0.1) is 6.61 Å². The molecule has 136 valence electrons. The molecule has 0 saturated carbocycles. The summed E-state index contributed by atoms with van der Waals surface area (Å²) in [4.78, 5) is 14.7. The van der Waals surface area contributed by atoms with E-state index in [4.69, 9.17) is 4.74 Å². The van der Waals surface area contributed by atoms with E-state index < -0.39 is 0 Å². The normalized spacial score (nSPS) is 16.2. The number of rotatable bonds is 2. The van der Waals surface area contributed by atoms with Crippen LogP contribution in [0.15, 0.2) is 54.6 Å². The van der Waals surface area contributed by atoms with Crippen LogP contribution in [0, 0.1) is 0 Å². The molecule has 2 aliphatic heterocycles. The quantitative estimate of drug-likeness (QED) is 0.762. The Balaban J connectivity index is 1.45. The van der Waals surface area contributed by atoms with Crippen molar-refractivity contribution in [2.45, 2.75) is 6.42 Å². The lowest BCUT2D eigenvalue weighted by atomic mass is 9.98. The molecule has 3 aromatic carbocycles. The van der Waals surface area contributed by atoms with Crippen molar-refractivity contribution < 1.29 is 9.53 Å². The SMILES string of the molecule is O=C(c1ccc2cc(-c3ccc4c(c3)CCO4)ccc2c1)N1CCNCC1. The number of piperazine rings is 1. The molecule has 2 aliphatic rings. The fourth-order valence-electron chi connectivity index (χ4n) is 3.97. The third-order valence-corrected chi connectivity index (χ3v) is 5.51. The lowest BCUT2D eigenvalue weighted by molar-refractivity contribution is 0.0736. The first-order valence-electron chi connectivity index (χ1n) is 9.58. The van der Waals surface area contributed by atoms with Crippen LogP contribution in [0.4, 0.5) is 0 Å². The van der Waals surface area contributed by atoms with Crippen molar-refractivity contribution in [1.82, 2.24) is 10.2 Å². The predicted molar refractivity (Wildman–Crippen MR) is 107 cm³/mol. The first-order valence-corrected chi connectivity index (χ1v) is 9.58. The van der Waals surface area contributed by atoms with Crippen LogP contribution in [0.3, 0.4) is 0 Å². The minimum atomic E-state index is 0.126. The number of benzene rings is 3.